The minimum atomic E-state index is -0.793. The summed E-state index contributed by atoms with van der Waals surface area (Å²) < 4.78 is 10.3. The van der Waals surface area contributed by atoms with Crippen LogP contribution in [0, 0.1) is 17.3 Å². The Hall–Kier alpha value is -1.79. The minimum Gasteiger partial charge on any atom is -0.467 e. The summed E-state index contributed by atoms with van der Waals surface area (Å²) in [5, 5.41) is 2.73. The van der Waals surface area contributed by atoms with Crippen molar-refractivity contribution < 1.29 is 23.9 Å². The molecule has 0 bridgehead atoms. The number of carbonyl (C=O) groups excluding carboxylic acids is 3. The Balaban J connectivity index is 2.23. The van der Waals surface area contributed by atoms with Crippen molar-refractivity contribution in [3.63, 3.8) is 0 Å². The lowest BCUT2D eigenvalue weighted by atomic mass is 9.85. The first kappa shape index (κ1) is 21.5. The van der Waals surface area contributed by atoms with Crippen molar-refractivity contribution in [2.24, 2.45) is 17.3 Å². The van der Waals surface area contributed by atoms with Crippen molar-refractivity contribution in [2.45, 2.75) is 78.5 Å². The largest absolute Gasteiger partial charge is 0.467 e. The molecular formula is C20H34N2O5. The van der Waals surface area contributed by atoms with Crippen LogP contribution in [0.2, 0.25) is 0 Å². The quantitative estimate of drug-likeness (QED) is 0.759. The number of nitrogens with one attached hydrogen (secondary N) is 1. The first-order valence-electron chi connectivity index (χ1n) is 9.73. The Morgan fingerprint density at radius 3 is 2.22 bits per heavy atom. The number of fused-ring (bicyclic) bond motifs is 1. The first-order valence-corrected chi connectivity index (χ1v) is 9.73. The van der Waals surface area contributed by atoms with Gasteiger partial charge in [-0.1, -0.05) is 27.2 Å². The molecule has 0 aromatic rings. The molecule has 4 unspecified atom stereocenters. The monoisotopic (exact) mass is 382 g/mol. The van der Waals surface area contributed by atoms with Crippen molar-refractivity contribution in [1.29, 1.82) is 0 Å². The summed E-state index contributed by atoms with van der Waals surface area (Å²) in [6.07, 6.45) is 2.38. The molecule has 2 fully saturated rings. The van der Waals surface area contributed by atoms with Crippen LogP contribution < -0.4 is 5.32 Å². The maximum Gasteiger partial charge on any atom is 0.408 e. The zero-order chi connectivity index (χ0) is 20.6. The van der Waals surface area contributed by atoms with Crippen LogP contribution in [0.25, 0.3) is 0 Å². The molecule has 154 valence electrons. The van der Waals surface area contributed by atoms with Crippen LogP contribution in [0.15, 0.2) is 0 Å². The number of amides is 2. The third-order valence-corrected chi connectivity index (χ3v) is 5.39. The Kier molecular flexibility index (Phi) is 6.12. The lowest BCUT2D eigenvalue weighted by Crippen LogP contribution is -2.58. The number of ether oxygens (including phenoxy) is 2. The predicted molar refractivity (Wildman–Crippen MR) is 101 cm³/mol. The van der Waals surface area contributed by atoms with Crippen molar-refractivity contribution in [1.82, 2.24) is 10.2 Å². The lowest BCUT2D eigenvalue weighted by molar-refractivity contribution is -0.154. The number of esters is 1. The summed E-state index contributed by atoms with van der Waals surface area (Å²) in [6, 6.07) is -1.36. The van der Waals surface area contributed by atoms with E-state index in [0.717, 1.165) is 19.3 Å². The summed E-state index contributed by atoms with van der Waals surface area (Å²) in [6.45, 7) is 11.5. The highest BCUT2D eigenvalue weighted by Crippen LogP contribution is 2.43. The van der Waals surface area contributed by atoms with Gasteiger partial charge in [-0.3, -0.25) is 4.79 Å². The highest BCUT2D eigenvalue weighted by atomic mass is 16.6. The van der Waals surface area contributed by atoms with E-state index in [0.29, 0.717) is 12.5 Å². The van der Waals surface area contributed by atoms with Crippen molar-refractivity contribution in [3.8, 4) is 0 Å². The zero-order valence-electron chi connectivity index (χ0n) is 17.6. The number of carbonyl (C=O) groups is 3. The number of hydrogen-bond donors (Lipinski definition) is 1. The summed E-state index contributed by atoms with van der Waals surface area (Å²) in [7, 11) is 1.35. The topological polar surface area (TPSA) is 84.9 Å². The van der Waals surface area contributed by atoms with Crippen LogP contribution >= 0.6 is 0 Å². The van der Waals surface area contributed by atoms with E-state index in [2.05, 4.69) is 5.32 Å². The summed E-state index contributed by atoms with van der Waals surface area (Å²) in [4.78, 5) is 39.8. The number of nitrogens with zero attached hydrogens (tertiary/aromatic N) is 1. The van der Waals surface area contributed by atoms with Gasteiger partial charge in [-0.25, -0.2) is 9.59 Å². The van der Waals surface area contributed by atoms with Gasteiger partial charge in [0, 0.05) is 6.54 Å². The van der Waals surface area contributed by atoms with Gasteiger partial charge < -0.3 is 19.7 Å². The summed E-state index contributed by atoms with van der Waals surface area (Å²) in [5.74, 6) is -0.162. The number of rotatable bonds is 3. The molecule has 1 N–H and O–H groups in total. The number of hydrogen-bond acceptors (Lipinski definition) is 5. The smallest absolute Gasteiger partial charge is 0.408 e. The van der Waals surface area contributed by atoms with Gasteiger partial charge in [0.2, 0.25) is 5.91 Å². The molecule has 0 radical (unpaired) electrons. The van der Waals surface area contributed by atoms with Crippen LogP contribution in [-0.2, 0) is 19.1 Å². The molecule has 4 atom stereocenters. The molecule has 0 aromatic carbocycles. The van der Waals surface area contributed by atoms with Gasteiger partial charge in [-0.05, 0) is 50.9 Å². The van der Waals surface area contributed by atoms with Gasteiger partial charge in [0.05, 0.1) is 7.11 Å². The standard InChI is InChI=1S/C20H34N2O5/c1-19(2,3)15(21-18(25)27-20(4,5)6)16(23)22-11-12-9-8-10-13(12)14(22)17(24)26-7/h12-15H,8-11H2,1-7H3,(H,21,25). The van der Waals surface area contributed by atoms with E-state index >= 15 is 0 Å². The summed E-state index contributed by atoms with van der Waals surface area (Å²) >= 11 is 0. The molecule has 1 saturated carbocycles. The van der Waals surface area contributed by atoms with Gasteiger partial charge in [-0.15, -0.1) is 0 Å². The van der Waals surface area contributed by atoms with Crippen molar-refractivity contribution in [3.05, 3.63) is 0 Å². The van der Waals surface area contributed by atoms with E-state index < -0.39 is 29.2 Å². The molecule has 27 heavy (non-hydrogen) atoms. The van der Waals surface area contributed by atoms with Crippen molar-refractivity contribution in [2.75, 3.05) is 13.7 Å². The maximum atomic E-state index is 13.4. The zero-order valence-corrected chi connectivity index (χ0v) is 17.6. The minimum absolute atomic E-state index is 0.142. The predicted octanol–water partition coefficient (Wildman–Crippen LogP) is 2.73. The fourth-order valence-corrected chi connectivity index (χ4v) is 4.19. The van der Waals surface area contributed by atoms with Gasteiger partial charge in [0.1, 0.15) is 17.7 Å². The van der Waals surface area contributed by atoms with Crippen molar-refractivity contribution >= 4 is 18.0 Å². The fraction of sp³-hybridized carbons (Fsp3) is 0.850. The second kappa shape index (κ2) is 7.68. The molecule has 1 saturated heterocycles. The molecule has 2 aliphatic rings. The third kappa shape index (κ3) is 4.93. The highest BCUT2D eigenvalue weighted by molar-refractivity contribution is 5.91. The summed E-state index contributed by atoms with van der Waals surface area (Å²) in [5.41, 5.74) is -1.19. The normalized spacial score (nSPS) is 26.3. The van der Waals surface area contributed by atoms with Gasteiger partial charge >= 0.3 is 12.1 Å². The highest BCUT2D eigenvalue weighted by Gasteiger charge is 2.52. The van der Waals surface area contributed by atoms with E-state index in [1.165, 1.54) is 7.11 Å². The first-order chi connectivity index (χ1) is 12.3. The average Bonchev–Trinajstić information content (AvgIpc) is 3.08. The van der Waals surface area contributed by atoms with Gasteiger partial charge in [-0.2, -0.15) is 0 Å². The molecule has 2 rings (SSSR count). The second-order valence-corrected chi connectivity index (χ2v) is 9.76. The molecule has 1 aliphatic carbocycles. The fourth-order valence-electron chi connectivity index (χ4n) is 4.19. The second-order valence-electron chi connectivity index (χ2n) is 9.76. The van der Waals surface area contributed by atoms with Crippen LogP contribution in [0.5, 0.6) is 0 Å². The Labute approximate surface area is 162 Å². The number of likely N-dealkylation sites (tertiary alicyclic amines) is 1. The molecular weight excluding hydrogens is 348 g/mol. The van der Waals surface area contributed by atoms with Crippen LogP contribution in [0.4, 0.5) is 4.79 Å². The molecule has 1 heterocycles. The lowest BCUT2D eigenvalue weighted by Gasteiger charge is -2.36. The number of methoxy groups -OCH3 is 1. The van der Waals surface area contributed by atoms with E-state index in [-0.39, 0.29) is 17.8 Å². The van der Waals surface area contributed by atoms with E-state index in [1.807, 2.05) is 20.8 Å². The van der Waals surface area contributed by atoms with Crippen LogP contribution in [-0.4, -0.2) is 54.2 Å². The third-order valence-electron chi connectivity index (χ3n) is 5.39. The molecule has 7 nitrogen and oxygen atoms in total. The maximum absolute atomic E-state index is 13.4. The Bertz CT molecular complexity index is 590. The van der Waals surface area contributed by atoms with E-state index in [9.17, 15) is 14.4 Å². The van der Waals surface area contributed by atoms with Gasteiger partial charge in [0.15, 0.2) is 0 Å². The molecule has 0 spiro atoms. The van der Waals surface area contributed by atoms with Crippen LogP contribution in [0.3, 0.4) is 0 Å². The number of alkyl carbamates (subject to hydrolysis) is 1. The molecule has 7 heteroatoms. The Morgan fingerprint density at radius 1 is 1.07 bits per heavy atom. The van der Waals surface area contributed by atoms with Gasteiger partial charge in [0.25, 0.3) is 0 Å². The SMILES string of the molecule is COC(=O)C1C2CCCC2CN1C(=O)C(NC(=O)OC(C)(C)C)C(C)(C)C. The average molecular weight is 383 g/mol. The molecule has 2 amide bonds. The molecule has 1 aliphatic heterocycles. The van der Waals surface area contributed by atoms with Crippen LogP contribution in [0.1, 0.15) is 60.8 Å². The van der Waals surface area contributed by atoms with E-state index in [4.69, 9.17) is 9.47 Å². The molecule has 0 aromatic heterocycles. The van der Waals surface area contributed by atoms with E-state index in [1.54, 1.807) is 25.7 Å². The Morgan fingerprint density at radius 2 is 1.70 bits per heavy atom.